The molecule has 0 spiro atoms. The van der Waals surface area contributed by atoms with Crippen molar-refractivity contribution in [1.29, 1.82) is 0 Å². The van der Waals surface area contributed by atoms with Crippen LogP contribution in [0.2, 0.25) is 0 Å². The number of rotatable bonds is 3. The summed E-state index contributed by atoms with van der Waals surface area (Å²) in [6, 6.07) is 6.49. The van der Waals surface area contributed by atoms with E-state index in [9.17, 15) is 9.18 Å². The molecule has 0 aliphatic rings. The molecule has 1 aromatic heterocycles. The highest BCUT2D eigenvalue weighted by Gasteiger charge is 2.11. The molecule has 0 fully saturated rings. The van der Waals surface area contributed by atoms with Crippen LogP contribution in [0.5, 0.6) is 0 Å². The average molecular weight is 250 g/mol. The lowest BCUT2D eigenvalue weighted by atomic mass is 10.2. The average Bonchev–Trinajstić information content (AvgIpc) is 2.58. The molecule has 0 atom stereocenters. The summed E-state index contributed by atoms with van der Waals surface area (Å²) in [6.45, 7) is 1.89. The van der Waals surface area contributed by atoms with Crippen molar-refractivity contribution in [3.8, 4) is 0 Å². The van der Waals surface area contributed by atoms with E-state index >= 15 is 0 Å². The molecule has 0 aliphatic heterocycles. The van der Waals surface area contributed by atoms with E-state index in [-0.39, 0.29) is 5.56 Å². The van der Waals surface area contributed by atoms with E-state index in [1.54, 1.807) is 16.8 Å². The van der Waals surface area contributed by atoms with Gasteiger partial charge < -0.3 is 0 Å². The first kappa shape index (κ1) is 11.9. The summed E-state index contributed by atoms with van der Waals surface area (Å²) in [5.41, 5.74) is 0.982. The normalized spacial score (nSPS) is 10.5. The minimum absolute atomic E-state index is 0.0938. The number of hydrogen-bond acceptors (Lipinski definition) is 3. The zero-order chi connectivity index (χ0) is 12.4. The van der Waals surface area contributed by atoms with Crippen molar-refractivity contribution in [2.24, 2.45) is 7.05 Å². The van der Waals surface area contributed by atoms with Crippen molar-refractivity contribution < 1.29 is 9.18 Å². The van der Waals surface area contributed by atoms with Crippen molar-refractivity contribution in [1.82, 2.24) is 9.78 Å². The monoisotopic (exact) mass is 250 g/mol. The van der Waals surface area contributed by atoms with E-state index in [2.05, 4.69) is 5.10 Å². The van der Waals surface area contributed by atoms with Crippen LogP contribution in [0.3, 0.4) is 0 Å². The van der Waals surface area contributed by atoms with Crippen molar-refractivity contribution in [3.05, 3.63) is 41.3 Å². The van der Waals surface area contributed by atoms with Gasteiger partial charge in [-0.25, -0.2) is 4.39 Å². The summed E-state index contributed by atoms with van der Waals surface area (Å²) in [6.07, 6.45) is 0.543. The molecule has 0 unspecified atom stereocenters. The van der Waals surface area contributed by atoms with Gasteiger partial charge >= 0.3 is 0 Å². The van der Waals surface area contributed by atoms with Crippen LogP contribution < -0.4 is 0 Å². The van der Waals surface area contributed by atoms with Gasteiger partial charge in [-0.15, -0.1) is 0 Å². The van der Waals surface area contributed by atoms with E-state index < -0.39 is 5.82 Å². The van der Waals surface area contributed by atoms with Crippen LogP contribution in [0.25, 0.3) is 0 Å². The zero-order valence-corrected chi connectivity index (χ0v) is 10.3. The third-order valence-corrected chi connectivity index (χ3v) is 3.47. The fourth-order valence-corrected chi connectivity index (χ4v) is 2.55. The van der Waals surface area contributed by atoms with Gasteiger partial charge in [-0.2, -0.15) is 5.10 Å². The lowest BCUT2D eigenvalue weighted by molar-refractivity contribution is 0.111. The first-order valence-corrected chi connectivity index (χ1v) is 5.85. The number of hydrogen-bond donors (Lipinski definition) is 0. The predicted molar refractivity (Wildman–Crippen MR) is 63.9 cm³/mol. The van der Waals surface area contributed by atoms with Crippen LogP contribution >= 0.6 is 11.8 Å². The van der Waals surface area contributed by atoms with Crippen LogP contribution in [0.15, 0.2) is 34.2 Å². The molecule has 2 rings (SSSR count). The van der Waals surface area contributed by atoms with E-state index in [1.165, 1.54) is 17.8 Å². The number of benzene rings is 1. The fraction of sp³-hybridized carbons (Fsp3) is 0.167. The first-order chi connectivity index (χ1) is 8.11. The quantitative estimate of drug-likeness (QED) is 0.786. The van der Waals surface area contributed by atoms with Crippen LogP contribution in [-0.2, 0) is 7.05 Å². The van der Waals surface area contributed by atoms with Gasteiger partial charge in [-0.3, -0.25) is 9.48 Å². The third-order valence-electron chi connectivity index (χ3n) is 2.30. The van der Waals surface area contributed by atoms with Gasteiger partial charge in [0.2, 0.25) is 0 Å². The number of aldehydes is 1. The molecule has 0 bridgehead atoms. The highest BCUT2D eigenvalue weighted by Crippen LogP contribution is 2.30. The Balaban J connectivity index is 2.39. The number of aromatic nitrogens is 2. The summed E-state index contributed by atoms with van der Waals surface area (Å²) in [5, 5.41) is 5.07. The zero-order valence-electron chi connectivity index (χ0n) is 9.48. The van der Waals surface area contributed by atoms with Crippen LogP contribution in [-0.4, -0.2) is 16.1 Å². The van der Waals surface area contributed by atoms with Gasteiger partial charge in [0.25, 0.3) is 0 Å². The van der Waals surface area contributed by atoms with Crippen LogP contribution in [0.1, 0.15) is 16.1 Å². The van der Waals surface area contributed by atoms with Crippen molar-refractivity contribution in [2.45, 2.75) is 16.8 Å². The molecule has 0 radical (unpaired) electrons. The van der Waals surface area contributed by atoms with Crippen molar-refractivity contribution in [3.63, 3.8) is 0 Å². The van der Waals surface area contributed by atoms with Gasteiger partial charge in [-0.1, -0.05) is 17.8 Å². The number of carbonyl (C=O) groups is 1. The minimum Gasteiger partial charge on any atom is -0.298 e. The molecule has 0 aliphatic carbocycles. The van der Waals surface area contributed by atoms with E-state index in [4.69, 9.17) is 0 Å². The molecular formula is C12H11FN2OS. The lowest BCUT2D eigenvalue weighted by Crippen LogP contribution is -1.94. The molecule has 1 aromatic carbocycles. The second kappa shape index (κ2) is 4.71. The standard InChI is InChI=1S/C12H11FN2OS/c1-8-6-12(15(2)14-8)17-11-5-3-4-10(13)9(11)7-16/h3-7H,1-2H3. The van der Waals surface area contributed by atoms with Crippen molar-refractivity contribution in [2.75, 3.05) is 0 Å². The molecule has 2 aromatic rings. The Labute approximate surface area is 103 Å². The number of halogens is 1. The molecule has 88 valence electrons. The van der Waals surface area contributed by atoms with Crippen LogP contribution in [0, 0.1) is 12.7 Å². The summed E-state index contributed by atoms with van der Waals surface area (Å²) in [4.78, 5) is 11.5. The lowest BCUT2D eigenvalue weighted by Gasteiger charge is -2.05. The fourth-order valence-electron chi connectivity index (χ4n) is 1.52. The molecule has 0 saturated heterocycles. The summed E-state index contributed by atoms with van der Waals surface area (Å²) < 4.78 is 15.1. The maximum absolute atomic E-state index is 13.4. The Kier molecular flexibility index (Phi) is 3.28. The number of nitrogens with zero attached hydrogens (tertiary/aromatic N) is 2. The number of carbonyl (C=O) groups excluding carboxylic acids is 1. The van der Waals surface area contributed by atoms with E-state index in [0.717, 1.165) is 10.7 Å². The minimum atomic E-state index is -0.496. The van der Waals surface area contributed by atoms with Gasteiger partial charge in [0.05, 0.1) is 16.3 Å². The molecular weight excluding hydrogens is 239 g/mol. The smallest absolute Gasteiger partial charge is 0.154 e. The molecule has 17 heavy (non-hydrogen) atoms. The Bertz CT molecular complexity index is 566. The maximum atomic E-state index is 13.4. The molecule has 1 heterocycles. The molecule has 5 heteroatoms. The molecule has 0 amide bonds. The molecule has 3 nitrogen and oxygen atoms in total. The molecule has 0 saturated carbocycles. The summed E-state index contributed by atoms with van der Waals surface area (Å²) in [5.74, 6) is -0.496. The second-order valence-corrected chi connectivity index (χ2v) is 4.68. The maximum Gasteiger partial charge on any atom is 0.154 e. The first-order valence-electron chi connectivity index (χ1n) is 5.04. The third kappa shape index (κ3) is 2.39. The van der Waals surface area contributed by atoms with E-state index in [1.807, 2.05) is 20.0 Å². The predicted octanol–water partition coefficient (Wildman–Crippen LogP) is 2.83. The van der Waals surface area contributed by atoms with Gasteiger partial charge in [-0.05, 0) is 25.1 Å². The van der Waals surface area contributed by atoms with E-state index in [0.29, 0.717) is 11.2 Å². The summed E-state index contributed by atoms with van der Waals surface area (Å²) >= 11 is 1.33. The Hall–Kier alpha value is -1.62. The highest BCUT2D eigenvalue weighted by atomic mass is 32.2. The Morgan fingerprint density at radius 3 is 2.82 bits per heavy atom. The van der Waals surface area contributed by atoms with Crippen LogP contribution in [0.4, 0.5) is 4.39 Å². The van der Waals surface area contributed by atoms with Gasteiger partial charge in [0, 0.05) is 11.9 Å². The Morgan fingerprint density at radius 1 is 1.47 bits per heavy atom. The Morgan fingerprint density at radius 2 is 2.24 bits per heavy atom. The highest BCUT2D eigenvalue weighted by molar-refractivity contribution is 7.99. The SMILES string of the molecule is Cc1cc(Sc2cccc(F)c2C=O)n(C)n1. The second-order valence-electron chi connectivity index (χ2n) is 3.62. The largest absolute Gasteiger partial charge is 0.298 e. The van der Waals surface area contributed by atoms with Gasteiger partial charge in [0.1, 0.15) is 5.82 Å². The van der Waals surface area contributed by atoms with Crippen molar-refractivity contribution >= 4 is 18.0 Å². The van der Waals surface area contributed by atoms with Gasteiger partial charge in [0.15, 0.2) is 6.29 Å². The molecule has 0 N–H and O–H groups in total. The topological polar surface area (TPSA) is 34.9 Å². The number of aryl methyl sites for hydroxylation is 2. The summed E-state index contributed by atoms with van der Waals surface area (Å²) in [7, 11) is 1.81.